The number of benzene rings is 1. The van der Waals surface area contributed by atoms with E-state index in [2.05, 4.69) is 0 Å². The second-order valence-electron chi connectivity index (χ2n) is 2.76. The molecule has 0 radical (unpaired) electrons. The average molecular weight is 182 g/mol. The lowest BCUT2D eigenvalue weighted by atomic mass is 10.0. The van der Waals surface area contributed by atoms with E-state index in [-0.39, 0.29) is 11.3 Å². The summed E-state index contributed by atoms with van der Waals surface area (Å²) in [6, 6.07) is 3.98. The molecule has 2 nitrogen and oxygen atoms in total. The third kappa shape index (κ3) is 1.75. The fourth-order valence-corrected chi connectivity index (χ4v) is 1.02. The molecule has 0 bridgehead atoms. The average Bonchev–Trinajstić information content (AvgIpc) is 2.10. The molecule has 68 valence electrons. The van der Waals surface area contributed by atoms with Crippen LogP contribution in [0.4, 0.5) is 14.5 Å². The fraction of sp³-hybridized carbons (Fsp3) is 0.222. The number of anilines is 1. The van der Waals surface area contributed by atoms with E-state index in [0.29, 0.717) is 0 Å². The Labute approximate surface area is 74.6 Å². The van der Waals surface area contributed by atoms with Gasteiger partial charge in [0.25, 0.3) is 0 Å². The van der Waals surface area contributed by atoms with Crippen molar-refractivity contribution in [3.8, 4) is 6.07 Å². The van der Waals surface area contributed by atoms with Gasteiger partial charge in [-0.2, -0.15) is 5.26 Å². The molecule has 0 heterocycles. The van der Waals surface area contributed by atoms with Crippen LogP contribution in [-0.4, -0.2) is 0 Å². The Morgan fingerprint density at radius 3 is 2.62 bits per heavy atom. The second kappa shape index (κ2) is 3.40. The van der Waals surface area contributed by atoms with E-state index in [4.69, 9.17) is 11.0 Å². The number of nitrogen functional groups attached to an aromatic ring is 1. The van der Waals surface area contributed by atoms with Crippen LogP contribution in [-0.2, 0) is 0 Å². The third-order valence-electron chi connectivity index (χ3n) is 1.74. The van der Waals surface area contributed by atoms with E-state index in [1.165, 1.54) is 13.0 Å². The van der Waals surface area contributed by atoms with Crippen LogP contribution in [0, 0.1) is 23.0 Å². The van der Waals surface area contributed by atoms with Gasteiger partial charge in [-0.05, 0) is 19.1 Å². The summed E-state index contributed by atoms with van der Waals surface area (Å²) in [6.07, 6.45) is 0. The number of rotatable bonds is 1. The molecule has 4 heteroatoms. The van der Waals surface area contributed by atoms with Crippen molar-refractivity contribution < 1.29 is 8.78 Å². The Kier molecular flexibility index (Phi) is 2.47. The molecule has 0 aliphatic rings. The highest BCUT2D eigenvalue weighted by Crippen LogP contribution is 2.23. The van der Waals surface area contributed by atoms with Gasteiger partial charge in [-0.25, -0.2) is 8.78 Å². The summed E-state index contributed by atoms with van der Waals surface area (Å²) in [4.78, 5) is 0. The first-order chi connectivity index (χ1) is 6.06. The molecule has 2 N–H and O–H groups in total. The number of hydrogen-bond donors (Lipinski definition) is 1. The van der Waals surface area contributed by atoms with Crippen LogP contribution in [0.5, 0.6) is 0 Å². The van der Waals surface area contributed by atoms with Crippen LogP contribution in [0.2, 0.25) is 0 Å². The Morgan fingerprint density at radius 1 is 1.46 bits per heavy atom. The van der Waals surface area contributed by atoms with Gasteiger partial charge in [0.2, 0.25) is 0 Å². The van der Waals surface area contributed by atoms with Crippen LogP contribution in [0.3, 0.4) is 0 Å². The minimum Gasteiger partial charge on any atom is -0.399 e. The molecule has 0 spiro atoms. The summed E-state index contributed by atoms with van der Waals surface area (Å²) < 4.78 is 25.8. The van der Waals surface area contributed by atoms with E-state index in [1.807, 2.05) is 6.07 Å². The Bertz CT molecular complexity index is 369. The van der Waals surface area contributed by atoms with Gasteiger partial charge in [-0.1, -0.05) is 0 Å². The molecule has 0 saturated carbocycles. The number of nitriles is 1. The number of nitrogens with two attached hydrogens (primary N) is 1. The summed E-state index contributed by atoms with van der Waals surface area (Å²) >= 11 is 0. The SMILES string of the molecule is CC(C#N)c1cc(N)cc(F)c1F. The van der Waals surface area contributed by atoms with Gasteiger partial charge in [0.1, 0.15) is 0 Å². The zero-order valence-electron chi connectivity index (χ0n) is 7.01. The zero-order valence-corrected chi connectivity index (χ0v) is 7.01. The van der Waals surface area contributed by atoms with Gasteiger partial charge in [0.05, 0.1) is 12.0 Å². The van der Waals surface area contributed by atoms with Gasteiger partial charge in [0.15, 0.2) is 11.6 Å². The van der Waals surface area contributed by atoms with E-state index >= 15 is 0 Å². The van der Waals surface area contributed by atoms with Crippen LogP contribution < -0.4 is 5.73 Å². The molecular formula is C9H8F2N2. The number of nitrogens with zero attached hydrogens (tertiary/aromatic N) is 1. The molecule has 1 unspecified atom stereocenters. The van der Waals surface area contributed by atoms with Gasteiger partial charge in [-0.3, -0.25) is 0 Å². The van der Waals surface area contributed by atoms with Crippen LogP contribution in [0.1, 0.15) is 18.4 Å². The first-order valence-electron chi connectivity index (χ1n) is 3.70. The minimum atomic E-state index is -1.02. The number of hydrogen-bond acceptors (Lipinski definition) is 2. The standard InChI is InChI=1S/C9H8F2N2/c1-5(4-12)7-2-6(13)3-8(10)9(7)11/h2-3,5H,13H2,1H3. The molecule has 1 rings (SSSR count). The molecule has 13 heavy (non-hydrogen) atoms. The Balaban J connectivity index is 3.30. The lowest BCUT2D eigenvalue weighted by molar-refractivity contribution is 0.498. The predicted octanol–water partition coefficient (Wildman–Crippen LogP) is 2.17. The zero-order chi connectivity index (χ0) is 10.0. The first kappa shape index (κ1) is 9.46. The summed E-state index contributed by atoms with van der Waals surface area (Å²) in [5, 5.41) is 8.51. The number of halogens is 2. The lowest BCUT2D eigenvalue weighted by Crippen LogP contribution is -2.00. The van der Waals surface area contributed by atoms with E-state index in [9.17, 15) is 8.78 Å². The molecule has 0 aliphatic carbocycles. The molecule has 0 amide bonds. The molecule has 1 atom stereocenters. The predicted molar refractivity (Wildman–Crippen MR) is 44.8 cm³/mol. The topological polar surface area (TPSA) is 49.8 Å². The van der Waals surface area contributed by atoms with Crippen molar-refractivity contribution in [2.75, 3.05) is 5.73 Å². The van der Waals surface area contributed by atoms with Gasteiger partial charge >= 0.3 is 0 Å². The highest BCUT2D eigenvalue weighted by atomic mass is 19.2. The quantitative estimate of drug-likeness (QED) is 0.676. The van der Waals surface area contributed by atoms with Crippen molar-refractivity contribution in [3.63, 3.8) is 0 Å². The van der Waals surface area contributed by atoms with Crippen molar-refractivity contribution in [2.45, 2.75) is 12.8 Å². The highest BCUT2D eigenvalue weighted by molar-refractivity contribution is 5.44. The maximum absolute atomic E-state index is 13.0. The Morgan fingerprint density at radius 2 is 2.08 bits per heavy atom. The summed E-state index contributed by atoms with van der Waals surface area (Å²) in [6.45, 7) is 1.48. The molecule has 1 aromatic rings. The van der Waals surface area contributed by atoms with Gasteiger partial charge in [-0.15, -0.1) is 0 Å². The van der Waals surface area contributed by atoms with Crippen molar-refractivity contribution in [1.29, 1.82) is 5.26 Å². The smallest absolute Gasteiger partial charge is 0.163 e. The largest absolute Gasteiger partial charge is 0.399 e. The van der Waals surface area contributed by atoms with Crippen LogP contribution >= 0.6 is 0 Å². The van der Waals surface area contributed by atoms with E-state index in [0.717, 1.165) is 6.07 Å². The summed E-state index contributed by atoms with van der Waals surface area (Å²) in [7, 11) is 0. The molecule has 0 aliphatic heterocycles. The van der Waals surface area contributed by atoms with Gasteiger partial charge in [0, 0.05) is 11.3 Å². The van der Waals surface area contributed by atoms with Crippen molar-refractivity contribution in [3.05, 3.63) is 29.3 Å². The second-order valence-corrected chi connectivity index (χ2v) is 2.76. The summed E-state index contributed by atoms with van der Waals surface area (Å²) in [5.74, 6) is -2.71. The molecular weight excluding hydrogens is 174 g/mol. The first-order valence-corrected chi connectivity index (χ1v) is 3.70. The van der Waals surface area contributed by atoms with Crippen molar-refractivity contribution >= 4 is 5.69 Å². The van der Waals surface area contributed by atoms with Crippen molar-refractivity contribution in [2.24, 2.45) is 0 Å². The monoisotopic (exact) mass is 182 g/mol. The fourth-order valence-electron chi connectivity index (χ4n) is 1.02. The Hall–Kier alpha value is -1.63. The van der Waals surface area contributed by atoms with Crippen LogP contribution in [0.15, 0.2) is 12.1 Å². The third-order valence-corrected chi connectivity index (χ3v) is 1.74. The van der Waals surface area contributed by atoms with Crippen molar-refractivity contribution in [1.82, 2.24) is 0 Å². The highest BCUT2D eigenvalue weighted by Gasteiger charge is 2.14. The molecule has 0 saturated heterocycles. The normalized spacial score (nSPS) is 12.2. The molecule has 1 aromatic carbocycles. The lowest BCUT2D eigenvalue weighted by Gasteiger charge is -2.06. The van der Waals surface area contributed by atoms with Crippen LogP contribution in [0.25, 0.3) is 0 Å². The molecule has 0 aromatic heterocycles. The van der Waals surface area contributed by atoms with Gasteiger partial charge < -0.3 is 5.73 Å². The maximum atomic E-state index is 13.0. The minimum absolute atomic E-state index is 0.000000000000000222. The molecule has 0 fully saturated rings. The van der Waals surface area contributed by atoms with E-state index < -0.39 is 17.6 Å². The maximum Gasteiger partial charge on any atom is 0.163 e. The summed E-state index contributed by atoms with van der Waals surface area (Å²) in [5.41, 5.74) is 5.43. The van der Waals surface area contributed by atoms with E-state index in [1.54, 1.807) is 0 Å².